The van der Waals surface area contributed by atoms with Gasteiger partial charge in [0.05, 0.1) is 0 Å². The first kappa shape index (κ1) is 7.08. The number of carbonyl (C=O) groups is 1. The zero-order valence-electron chi connectivity index (χ0n) is 7.13. The lowest BCUT2D eigenvalue weighted by Crippen LogP contribution is -2.23. The van der Waals surface area contributed by atoms with Crippen LogP contribution in [0.25, 0.3) is 0 Å². The summed E-state index contributed by atoms with van der Waals surface area (Å²) in [4.78, 5) is 10.8. The fourth-order valence-electron chi connectivity index (χ4n) is 2.54. The van der Waals surface area contributed by atoms with Crippen molar-refractivity contribution in [2.24, 2.45) is 17.3 Å². The molecule has 3 atom stereocenters. The first-order valence-corrected chi connectivity index (χ1v) is 4.30. The van der Waals surface area contributed by atoms with E-state index >= 15 is 0 Å². The molecule has 0 aliphatic heterocycles. The van der Waals surface area contributed by atoms with E-state index in [1.807, 2.05) is 0 Å². The van der Waals surface area contributed by atoms with E-state index in [0.29, 0.717) is 5.92 Å². The van der Waals surface area contributed by atoms with Crippen molar-refractivity contribution in [2.75, 3.05) is 0 Å². The summed E-state index contributed by atoms with van der Waals surface area (Å²) in [6.45, 7) is 4.28. The SMILES string of the molecule is CC1=C[C@H]2C[C@H]1C[C@@]2(C)C=O. The first-order chi connectivity index (χ1) is 5.15. The smallest absolute Gasteiger partial charge is 0.126 e. The molecule has 2 rings (SSSR count). The molecule has 2 aliphatic carbocycles. The third-order valence-electron chi connectivity index (χ3n) is 3.45. The van der Waals surface area contributed by atoms with E-state index in [0.717, 1.165) is 18.6 Å². The van der Waals surface area contributed by atoms with Crippen molar-refractivity contribution < 1.29 is 4.79 Å². The molecule has 0 aromatic carbocycles. The number of allylic oxidation sites excluding steroid dienone is 2. The summed E-state index contributed by atoms with van der Waals surface area (Å²) >= 11 is 0. The predicted molar refractivity (Wildman–Crippen MR) is 44.1 cm³/mol. The minimum atomic E-state index is -0.0236. The summed E-state index contributed by atoms with van der Waals surface area (Å²) in [6, 6.07) is 0. The van der Waals surface area contributed by atoms with Crippen LogP contribution in [-0.4, -0.2) is 6.29 Å². The van der Waals surface area contributed by atoms with Gasteiger partial charge >= 0.3 is 0 Å². The molecule has 0 saturated heterocycles. The molecule has 60 valence electrons. The van der Waals surface area contributed by atoms with Crippen LogP contribution in [0.4, 0.5) is 0 Å². The van der Waals surface area contributed by atoms with Crippen molar-refractivity contribution in [3.63, 3.8) is 0 Å². The molecule has 1 heteroatoms. The number of aldehydes is 1. The van der Waals surface area contributed by atoms with Crippen molar-refractivity contribution in [1.82, 2.24) is 0 Å². The summed E-state index contributed by atoms with van der Waals surface area (Å²) in [6.07, 6.45) is 5.76. The lowest BCUT2D eigenvalue weighted by atomic mass is 9.77. The molecule has 0 unspecified atom stereocenters. The Morgan fingerprint density at radius 2 is 2.45 bits per heavy atom. The second-order valence-electron chi connectivity index (χ2n) is 4.28. The van der Waals surface area contributed by atoms with Crippen LogP contribution in [-0.2, 0) is 4.79 Å². The van der Waals surface area contributed by atoms with Gasteiger partial charge < -0.3 is 4.79 Å². The normalized spacial score (nSPS) is 47.6. The minimum Gasteiger partial charge on any atom is -0.303 e. The Morgan fingerprint density at radius 1 is 1.73 bits per heavy atom. The van der Waals surface area contributed by atoms with Crippen LogP contribution in [0.15, 0.2) is 11.6 Å². The fraction of sp³-hybridized carbons (Fsp3) is 0.700. The van der Waals surface area contributed by atoms with Crippen molar-refractivity contribution >= 4 is 6.29 Å². The summed E-state index contributed by atoms with van der Waals surface area (Å²) in [5, 5.41) is 0. The van der Waals surface area contributed by atoms with Crippen LogP contribution in [0.5, 0.6) is 0 Å². The maximum absolute atomic E-state index is 10.8. The molecule has 1 saturated carbocycles. The van der Waals surface area contributed by atoms with E-state index in [1.165, 1.54) is 12.0 Å². The molecular weight excluding hydrogens is 136 g/mol. The van der Waals surface area contributed by atoms with E-state index in [1.54, 1.807) is 0 Å². The van der Waals surface area contributed by atoms with Crippen molar-refractivity contribution in [3.8, 4) is 0 Å². The predicted octanol–water partition coefficient (Wildman–Crippen LogP) is 2.18. The van der Waals surface area contributed by atoms with Crippen LogP contribution >= 0.6 is 0 Å². The molecule has 0 aromatic rings. The molecule has 0 aromatic heterocycles. The molecule has 0 heterocycles. The first-order valence-electron chi connectivity index (χ1n) is 4.30. The van der Waals surface area contributed by atoms with Gasteiger partial charge in [0, 0.05) is 5.41 Å². The van der Waals surface area contributed by atoms with Crippen LogP contribution in [0.2, 0.25) is 0 Å². The van der Waals surface area contributed by atoms with Gasteiger partial charge in [0.15, 0.2) is 0 Å². The average molecular weight is 150 g/mol. The Labute approximate surface area is 67.5 Å². The number of carbonyl (C=O) groups excluding carboxylic acids is 1. The highest BCUT2D eigenvalue weighted by Gasteiger charge is 2.46. The van der Waals surface area contributed by atoms with Gasteiger partial charge in [0.1, 0.15) is 6.29 Å². The van der Waals surface area contributed by atoms with Crippen LogP contribution in [0.1, 0.15) is 26.7 Å². The molecule has 0 spiro atoms. The van der Waals surface area contributed by atoms with Crippen LogP contribution in [0, 0.1) is 17.3 Å². The summed E-state index contributed by atoms with van der Waals surface area (Å²) in [7, 11) is 0. The van der Waals surface area contributed by atoms with E-state index < -0.39 is 0 Å². The van der Waals surface area contributed by atoms with Gasteiger partial charge in [0.25, 0.3) is 0 Å². The molecule has 1 nitrogen and oxygen atoms in total. The van der Waals surface area contributed by atoms with Crippen molar-refractivity contribution in [1.29, 1.82) is 0 Å². The molecule has 11 heavy (non-hydrogen) atoms. The Hall–Kier alpha value is -0.590. The number of rotatable bonds is 1. The standard InChI is InChI=1S/C10H14O/c1-7-3-9-4-8(7)5-10(9,2)6-11/h3,6,8-9H,4-5H2,1-2H3/t8-,9-,10-/m0/s1. The Kier molecular flexibility index (Phi) is 1.26. The van der Waals surface area contributed by atoms with E-state index in [-0.39, 0.29) is 5.41 Å². The average Bonchev–Trinajstić information content (AvgIpc) is 2.45. The Bertz CT molecular complexity index is 229. The second-order valence-corrected chi connectivity index (χ2v) is 4.28. The minimum absolute atomic E-state index is 0.0236. The quantitative estimate of drug-likeness (QED) is 0.413. The Morgan fingerprint density at radius 3 is 2.82 bits per heavy atom. The number of fused-ring (bicyclic) bond motifs is 2. The van der Waals surface area contributed by atoms with Gasteiger partial charge in [-0.1, -0.05) is 18.6 Å². The van der Waals surface area contributed by atoms with Crippen LogP contribution < -0.4 is 0 Å². The van der Waals surface area contributed by atoms with Crippen molar-refractivity contribution in [2.45, 2.75) is 26.7 Å². The molecule has 0 radical (unpaired) electrons. The molecule has 1 fully saturated rings. The largest absolute Gasteiger partial charge is 0.303 e. The van der Waals surface area contributed by atoms with Gasteiger partial charge in [-0.15, -0.1) is 0 Å². The third-order valence-corrected chi connectivity index (χ3v) is 3.45. The maximum Gasteiger partial charge on any atom is 0.126 e. The highest BCUT2D eigenvalue weighted by atomic mass is 16.1. The lowest BCUT2D eigenvalue weighted by Gasteiger charge is -2.25. The fourth-order valence-corrected chi connectivity index (χ4v) is 2.54. The van der Waals surface area contributed by atoms with Crippen LogP contribution in [0.3, 0.4) is 0 Å². The van der Waals surface area contributed by atoms with Gasteiger partial charge in [0.2, 0.25) is 0 Å². The van der Waals surface area contributed by atoms with E-state index in [2.05, 4.69) is 19.9 Å². The monoisotopic (exact) mass is 150 g/mol. The highest BCUT2D eigenvalue weighted by molar-refractivity contribution is 5.62. The summed E-state index contributed by atoms with van der Waals surface area (Å²) < 4.78 is 0. The Balaban J connectivity index is 2.31. The maximum atomic E-state index is 10.8. The second kappa shape index (κ2) is 1.96. The number of hydrogen-bond donors (Lipinski definition) is 0. The topological polar surface area (TPSA) is 17.1 Å². The van der Waals surface area contributed by atoms with E-state index in [4.69, 9.17) is 0 Å². The third kappa shape index (κ3) is 0.800. The highest BCUT2D eigenvalue weighted by Crippen LogP contribution is 2.53. The molecule has 2 aliphatic rings. The van der Waals surface area contributed by atoms with Gasteiger partial charge in [-0.3, -0.25) is 0 Å². The van der Waals surface area contributed by atoms with Gasteiger partial charge in [-0.2, -0.15) is 0 Å². The molecular formula is C10H14O. The molecule has 0 N–H and O–H groups in total. The van der Waals surface area contributed by atoms with E-state index in [9.17, 15) is 4.79 Å². The lowest BCUT2D eigenvalue weighted by molar-refractivity contribution is -0.116. The zero-order chi connectivity index (χ0) is 8.06. The molecule has 0 amide bonds. The molecule has 2 bridgehead atoms. The van der Waals surface area contributed by atoms with Crippen molar-refractivity contribution in [3.05, 3.63) is 11.6 Å². The number of hydrogen-bond acceptors (Lipinski definition) is 1. The van der Waals surface area contributed by atoms with Gasteiger partial charge in [-0.25, -0.2) is 0 Å². The van der Waals surface area contributed by atoms with Gasteiger partial charge in [-0.05, 0) is 31.6 Å². The summed E-state index contributed by atoms with van der Waals surface area (Å²) in [5.41, 5.74) is 1.49. The zero-order valence-corrected chi connectivity index (χ0v) is 7.13. The summed E-state index contributed by atoms with van der Waals surface area (Å²) in [5.74, 6) is 1.26.